The van der Waals surface area contributed by atoms with E-state index in [0.717, 1.165) is 31.8 Å². The Kier molecular flexibility index (Phi) is 6.40. The Morgan fingerprint density at radius 3 is 2.57 bits per heavy atom. The largest absolute Gasteiger partial charge is 0.450 e. The number of halogens is 3. The summed E-state index contributed by atoms with van der Waals surface area (Å²) in [7, 11) is 0. The Hall–Kier alpha value is -2.55. The van der Waals surface area contributed by atoms with Gasteiger partial charge in [0.1, 0.15) is 5.60 Å². The van der Waals surface area contributed by atoms with Crippen molar-refractivity contribution in [2.24, 2.45) is 0 Å². The van der Waals surface area contributed by atoms with Gasteiger partial charge < -0.3 is 20.3 Å². The summed E-state index contributed by atoms with van der Waals surface area (Å²) in [6.45, 7) is 6.47. The third-order valence-corrected chi connectivity index (χ3v) is 5.69. The predicted molar refractivity (Wildman–Crippen MR) is 106 cm³/mol. The smallest absolute Gasteiger partial charge is 0.416 e. The van der Waals surface area contributed by atoms with Crippen LogP contribution in [0.2, 0.25) is 0 Å². The van der Waals surface area contributed by atoms with Crippen LogP contribution in [0.5, 0.6) is 0 Å². The van der Waals surface area contributed by atoms with E-state index >= 15 is 0 Å². The average Bonchev–Trinajstić information content (AvgIpc) is 2.95. The third-order valence-electron chi connectivity index (χ3n) is 5.69. The summed E-state index contributed by atoms with van der Waals surface area (Å²) in [5.74, 6) is -0.832. The molecule has 0 aliphatic carbocycles. The van der Waals surface area contributed by atoms with Gasteiger partial charge in [-0.2, -0.15) is 13.2 Å². The lowest BCUT2D eigenvalue weighted by Crippen LogP contribution is -2.49. The molecule has 9 heteroatoms. The van der Waals surface area contributed by atoms with Crippen molar-refractivity contribution in [3.05, 3.63) is 41.0 Å². The molecule has 6 nitrogen and oxygen atoms in total. The molecule has 0 radical (unpaired) electrons. The molecule has 3 rings (SSSR count). The highest BCUT2D eigenvalue weighted by Crippen LogP contribution is 2.41. The van der Waals surface area contributed by atoms with Gasteiger partial charge in [0.25, 0.3) is 5.91 Å². The van der Waals surface area contributed by atoms with Crippen LogP contribution in [-0.4, -0.2) is 55.1 Å². The van der Waals surface area contributed by atoms with Crippen molar-refractivity contribution >= 4 is 17.6 Å². The zero-order valence-electron chi connectivity index (χ0n) is 17.1. The summed E-state index contributed by atoms with van der Waals surface area (Å²) in [5.41, 5.74) is -0.604. The van der Waals surface area contributed by atoms with Crippen LogP contribution in [0, 0.1) is 0 Å². The van der Waals surface area contributed by atoms with E-state index in [1.54, 1.807) is 6.92 Å². The van der Waals surface area contributed by atoms with Gasteiger partial charge in [-0.05, 0) is 31.7 Å². The number of alkyl halides is 3. The first-order valence-electron chi connectivity index (χ1n) is 10.0. The van der Waals surface area contributed by atoms with Gasteiger partial charge in [0.05, 0.1) is 11.1 Å². The van der Waals surface area contributed by atoms with E-state index < -0.39 is 23.3 Å². The second-order valence-electron chi connectivity index (χ2n) is 7.58. The molecule has 2 N–H and O–H groups in total. The van der Waals surface area contributed by atoms with Gasteiger partial charge in [-0.3, -0.25) is 4.79 Å². The van der Waals surface area contributed by atoms with E-state index in [0.29, 0.717) is 29.7 Å². The van der Waals surface area contributed by atoms with Crippen molar-refractivity contribution in [1.82, 2.24) is 10.2 Å². The molecule has 2 heterocycles. The van der Waals surface area contributed by atoms with Crippen molar-refractivity contribution < 1.29 is 27.5 Å². The fourth-order valence-electron chi connectivity index (χ4n) is 3.99. The fraction of sp³-hybridized carbons (Fsp3) is 0.524. The van der Waals surface area contributed by atoms with Crippen LogP contribution < -0.4 is 10.6 Å². The average molecular weight is 425 g/mol. The first-order chi connectivity index (χ1) is 14.2. The molecular weight excluding hydrogens is 399 g/mol. The van der Waals surface area contributed by atoms with Crippen LogP contribution in [0.1, 0.15) is 32.3 Å². The van der Waals surface area contributed by atoms with Crippen molar-refractivity contribution in [2.45, 2.75) is 38.5 Å². The van der Waals surface area contributed by atoms with Crippen LogP contribution in [0.25, 0.3) is 0 Å². The number of amides is 1. The summed E-state index contributed by atoms with van der Waals surface area (Å²) in [6, 6.07) is 4.88. The Morgan fingerprint density at radius 2 is 1.93 bits per heavy atom. The molecule has 1 amide bonds. The monoisotopic (exact) mass is 425 g/mol. The van der Waals surface area contributed by atoms with Crippen LogP contribution in [0.4, 0.5) is 18.9 Å². The number of hydrogen-bond donors (Lipinski definition) is 2. The van der Waals surface area contributed by atoms with Crippen LogP contribution >= 0.6 is 0 Å². The quantitative estimate of drug-likeness (QED) is 0.542. The zero-order valence-corrected chi connectivity index (χ0v) is 17.1. The molecule has 0 bridgehead atoms. The molecule has 0 saturated carbocycles. The molecule has 0 unspecified atom stereocenters. The molecule has 2 aliphatic heterocycles. The second-order valence-corrected chi connectivity index (χ2v) is 7.58. The summed E-state index contributed by atoms with van der Waals surface area (Å²) in [4.78, 5) is 27.2. The van der Waals surface area contributed by atoms with Gasteiger partial charge in [-0.25, -0.2) is 4.79 Å². The number of nitrogens with one attached hydrogen (secondary N) is 2. The molecule has 1 aromatic rings. The SMILES string of the molecule is CCN1CCC2(CC1)OC(=O)C(C)=C2C(=O)NCCNc1cccc(C(F)(F)F)c1. The maximum Gasteiger partial charge on any atom is 0.416 e. The predicted octanol–water partition coefficient (Wildman–Crippen LogP) is 2.96. The number of carbonyl (C=O) groups is 2. The molecule has 164 valence electrons. The first kappa shape index (κ1) is 22.1. The van der Waals surface area contributed by atoms with E-state index in [4.69, 9.17) is 4.74 Å². The highest BCUT2D eigenvalue weighted by Gasteiger charge is 2.50. The number of esters is 1. The number of nitrogens with zero attached hydrogens (tertiary/aromatic N) is 1. The number of carbonyl (C=O) groups excluding carboxylic acids is 2. The minimum absolute atomic E-state index is 0.192. The first-order valence-corrected chi connectivity index (χ1v) is 10.0. The number of hydrogen-bond acceptors (Lipinski definition) is 5. The zero-order chi connectivity index (χ0) is 21.9. The molecule has 1 aromatic carbocycles. The number of rotatable bonds is 6. The fourth-order valence-corrected chi connectivity index (χ4v) is 3.99. The standard InChI is InChI=1S/C21H26F3N3O3/c1-3-27-11-7-20(8-12-27)17(14(2)19(29)30-20)18(28)26-10-9-25-16-6-4-5-15(13-16)21(22,23)24/h4-6,13,25H,3,7-12H2,1-2H3,(H,26,28). The Balaban J connectivity index is 1.58. The maximum atomic E-state index is 12.8. The van der Waals surface area contributed by atoms with E-state index in [1.807, 2.05) is 0 Å². The van der Waals surface area contributed by atoms with Gasteiger partial charge in [0.2, 0.25) is 0 Å². The van der Waals surface area contributed by atoms with Crippen LogP contribution in [0.15, 0.2) is 35.4 Å². The van der Waals surface area contributed by atoms with Crippen molar-refractivity contribution in [1.29, 1.82) is 0 Å². The topological polar surface area (TPSA) is 70.7 Å². The second kappa shape index (κ2) is 8.67. The molecular formula is C21H26F3N3O3. The van der Waals surface area contributed by atoms with Gasteiger partial charge in [-0.15, -0.1) is 0 Å². The molecule has 0 aromatic heterocycles. The highest BCUT2D eigenvalue weighted by molar-refractivity contribution is 6.07. The summed E-state index contributed by atoms with van der Waals surface area (Å²) >= 11 is 0. The Bertz CT molecular complexity index is 843. The lowest BCUT2D eigenvalue weighted by Gasteiger charge is -2.39. The lowest BCUT2D eigenvalue weighted by atomic mass is 9.82. The van der Waals surface area contributed by atoms with Crippen LogP contribution in [0.3, 0.4) is 0 Å². The molecule has 1 spiro atoms. The summed E-state index contributed by atoms with van der Waals surface area (Å²) in [5, 5.41) is 5.63. The van der Waals surface area contributed by atoms with Crippen molar-refractivity contribution in [3.63, 3.8) is 0 Å². The number of ether oxygens (including phenoxy) is 1. The minimum atomic E-state index is -4.41. The van der Waals surface area contributed by atoms with Crippen molar-refractivity contribution in [3.8, 4) is 0 Å². The van der Waals surface area contributed by atoms with Crippen molar-refractivity contribution in [2.75, 3.05) is 38.0 Å². The lowest BCUT2D eigenvalue weighted by molar-refractivity contribution is -0.150. The number of piperidine rings is 1. The minimum Gasteiger partial charge on any atom is -0.450 e. The van der Waals surface area contributed by atoms with Crippen LogP contribution in [-0.2, 0) is 20.5 Å². The van der Waals surface area contributed by atoms with Gasteiger partial charge in [-0.1, -0.05) is 13.0 Å². The Morgan fingerprint density at radius 1 is 1.23 bits per heavy atom. The van der Waals surface area contributed by atoms with E-state index in [2.05, 4.69) is 22.5 Å². The van der Waals surface area contributed by atoms with E-state index in [9.17, 15) is 22.8 Å². The normalized spacial score (nSPS) is 19.2. The molecule has 1 saturated heterocycles. The van der Waals surface area contributed by atoms with Gasteiger partial charge >= 0.3 is 12.1 Å². The highest BCUT2D eigenvalue weighted by atomic mass is 19.4. The molecule has 2 aliphatic rings. The van der Waals surface area contributed by atoms with E-state index in [1.165, 1.54) is 12.1 Å². The van der Waals surface area contributed by atoms with Gasteiger partial charge in [0, 0.05) is 50.3 Å². The number of likely N-dealkylation sites (tertiary alicyclic amines) is 1. The molecule has 30 heavy (non-hydrogen) atoms. The molecule has 0 atom stereocenters. The maximum absolute atomic E-state index is 12.8. The van der Waals surface area contributed by atoms with E-state index in [-0.39, 0.29) is 19.0 Å². The summed E-state index contributed by atoms with van der Waals surface area (Å²) < 4.78 is 44.0. The molecule has 1 fully saturated rings. The van der Waals surface area contributed by atoms with Gasteiger partial charge in [0.15, 0.2) is 0 Å². The summed E-state index contributed by atoms with van der Waals surface area (Å²) in [6.07, 6.45) is -3.28. The Labute approximate surface area is 173 Å². The number of benzene rings is 1. The number of anilines is 1. The third kappa shape index (κ3) is 4.61.